The number of carbonyl (C=O) groups is 3. The van der Waals surface area contributed by atoms with Crippen LogP contribution in [0.1, 0.15) is 61.6 Å². The van der Waals surface area contributed by atoms with Crippen LogP contribution in [0.2, 0.25) is 5.02 Å². The highest BCUT2D eigenvalue weighted by Crippen LogP contribution is 2.33. The SMILES string of the molecule is CN1C(=O)[C@H](C2CCCCC2)NCC2CCc3cccc(c3O2)CCCNC(=O)[C@@H](Cc2ccc(Cl)cc2)NC(=O)[C@@H]1CO. The molecule has 0 saturated heterocycles. The van der Waals surface area contributed by atoms with Gasteiger partial charge in [-0.05, 0) is 73.3 Å². The van der Waals surface area contributed by atoms with Crippen LogP contribution < -0.4 is 20.7 Å². The largest absolute Gasteiger partial charge is 0.489 e. The Bertz CT molecular complexity index is 1300. The van der Waals surface area contributed by atoms with E-state index >= 15 is 0 Å². The molecule has 4 N–H and O–H groups in total. The molecule has 1 unspecified atom stereocenters. The number of ether oxygens (including phenoxy) is 1. The molecule has 10 heteroatoms. The van der Waals surface area contributed by atoms with Gasteiger partial charge in [-0.15, -0.1) is 0 Å². The van der Waals surface area contributed by atoms with E-state index in [0.29, 0.717) is 24.5 Å². The molecule has 1 aliphatic carbocycles. The molecule has 4 atom stereocenters. The second kappa shape index (κ2) is 15.2. The van der Waals surface area contributed by atoms with E-state index in [1.54, 1.807) is 19.2 Å². The number of para-hydroxylation sites is 1. The van der Waals surface area contributed by atoms with Crippen molar-refractivity contribution in [2.45, 2.75) is 88.4 Å². The van der Waals surface area contributed by atoms with Crippen LogP contribution in [-0.4, -0.2) is 78.7 Å². The maximum Gasteiger partial charge on any atom is 0.245 e. The molecule has 9 nitrogen and oxygen atoms in total. The Morgan fingerprint density at radius 3 is 2.39 bits per heavy atom. The van der Waals surface area contributed by atoms with Crippen LogP contribution in [0.25, 0.3) is 0 Å². The maximum atomic E-state index is 14.1. The standard InChI is InChI=1S/C34H45ClN4O5/c1-39-29(21-40)33(42)38-28(19-22-12-15-26(35)16-13-22)32(41)36-18-6-11-24-9-5-10-25-14-17-27(44-31(24)25)20-37-30(34(39)43)23-7-3-2-4-8-23/h5,9-10,12-13,15-16,23,27-30,37,40H,2-4,6-8,11,14,17-21H2,1H3,(H,36,41)(H,38,42)/t27?,28-,29+,30+/m1/s1. The van der Waals surface area contributed by atoms with Crippen LogP contribution in [0.5, 0.6) is 5.75 Å². The van der Waals surface area contributed by atoms with Gasteiger partial charge in [0.2, 0.25) is 17.7 Å². The molecule has 2 aliphatic heterocycles. The summed E-state index contributed by atoms with van der Waals surface area (Å²) >= 11 is 6.07. The van der Waals surface area contributed by atoms with Gasteiger partial charge in [0, 0.05) is 31.6 Å². The first kappa shape index (κ1) is 32.3. The van der Waals surface area contributed by atoms with Gasteiger partial charge in [-0.25, -0.2) is 0 Å². The van der Waals surface area contributed by atoms with E-state index in [-0.39, 0.29) is 30.3 Å². The Labute approximate surface area is 265 Å². The van der Waals surface area contributed by atoms with Crippen molar-refractivity contribution in [2.75, 3.05) is 26.7 Å². The number of carbonyl (C=O) groups excluding carboxylic acids is 3. The third-order valence-electron chi connectivity index (χ3n) is 9.35. The molecule has 1 saturated carbocycles. The van der Waals surface area contributed by atoms with Gasteiger partial charge in [0.15, 0.2) is 0 Å². The van der Waals surface area contributed by atoms with Crippen molar-refractivity contribution in [3.8, 4) is 5.75 Å². The minimum absolute atomic E-state index is 0.0861. The number of aryl methyl sites for hydroxylation is 2. The highest BCUT2D eigenvalue weighted by molar-refractivity contribution is 6.30. The number of rotatable bonds is 4. The molecule has 2 heterocycles. The molecule has 238 valence electrons. The smallest absolute Gasteiger partial charge is 0.245 e. The minimum atomic E-state index is -1.14. The molecule has 44 heavy (non-hydrogen) atoms. The van der Waals surface area contributed by atoms with Gasteiger partial charge in [-0.2, -0.15) is 0 Å². The molecule has 2 aromatic carbocycles. The molecule has 0 aromatic heterocycles. The predicted octanol–water partition coefficient (Wildman–Crippen LogP) is 3.18. The summed E-state index contributed by atoms with van der Waals surface area (Å²) in [4.78, 5) is 42.5. The molecule has 3 aliphatic rings. The number of halogens is 1. The molecule has 3 amide bonds. The molecule has 0 spiro atoms. The van der Waals surface area contributed by atoms with Crippen molar-refractivity contribution in [3.63, 3.8) is 0 Å². The van der Waals surface area contributed by atoms with Gasteiger partial charge in [0.25, 0.3) is 0 Å². The van der Waals surface area contributed by atoms with Gasteiger partial charge < -0.3 is 30.7 Å². The van der Waals surface area contributed by atoms with Crippen molar-refractivity contribution in [1.82, 2.24) is 20.9 Å². The van der Waals surface area contributed by atoms with Crippen molar-refractivity contribution in [2.24, 2.45) is 5.92 Å². The summed E-state index contributed by atoms with van der Waals surface area (Å²) in [7, 11) is 1.56. The van der Waals surface area contributed by atoms with E-state index in [2.05, 4.69) is 34.1 Å². The van der Waals surface area contributed by atoms with Crippen LogP contribution in [0.15, 0.2) is 42.5 Å². The Morgan fingerprint density at radius 1 is 0.932 bits per heavy atom. The van der Waals surface area contributed by atoms with Crippen LogP contribution in [0, 0.1) is 5.92 Å². The zero-order valence-electron chi connectivity index (χ0n) is 25.5. The predicted molar refractivity (Wildman–Crippen MR) is 170 cm³/mol. The second-order valence-electron chi connectivity index (χ2n) is 12.4. The number of hydrogen-bond donors (Lipinski definition) is 4. The third-order valence-corrected chi connectivity index (χ3v) is 9.60. The first-order valence-corrected chi connectivity index (χ1v) is 16.4. The van der Waals surface area contributed by atoms with Gasteiger partial charge in [0.1, 0.15) is 23.9 Å². The Hall–Kier alpha value is -3.14. The van der Waals surface area contributed by atoms with E-state index in [4.69, 9.17) is 16.3 Å². The summed E-state index contributed by atoms with van der Waals surface area (Å²) < 4.78 is 6.54. The van der Waals surface area contributed by atoms with Crippen LogP contribution >= 0.6 is 11.6 Å². The number of amides is 3. The second-order valence-corrected chi connectivity index (χ2v) is 12.8. The lowest BCUT2D eigenvalue weighted by atomic mass is 9.83. The number of aliphatic hydroxyl groups excluding tert-OH is 1. The molecular weight excluding hydrogens is 580 g/mol. The van der Waals surface area contributed by atoms with E-state index in [9.17, 15) is 19.5 Å². The summed E-state index contributed by atoms with van der Waals surface area (Å²) in [5.74, 6) is -0.0838. The van der Waals surface area contributed by atoms with E-state index < -0.39 is 30.6 Å². The first-order chi connectivity index (χ1) is 21.3. The Kier molecular flexibility index (Phi) is 11.2. The highest BCUT2D eigenvalue weighted by atomic mass is 35.5. The summed E-state index contributed by atoms with van der Waals surface area (Å²) in [6.07, 6.45) is 8.44. The van der Waals surface area contributed by atoms with Gasteiger partial charge in [-0.3, -0.25) is 14.4 Å². The molecular formula is C34H45ClN4O5. The summed E-state index contributed by atoms with van der Waals surface area (Å²) in [6.45, 7) is 0.376. The maximum absolute atomic E-state index is 14.1. The normalized spacial score (nSPS) is 26.2. The van der Waals surface area contributed by atoms with E-state index in [0.717, 1.165) is 68.2 Å². The first-order valence-electron chi connectivity index (χ1n) is 16.0. The summed E-state index contributed by atoms with van der Waals surface area (Å²) in [5.41, 5.74) is 3.12. The van der Waals surface area contributed by atoms with Crippen molar-refractivity contribution in [1.29, 1.82) is 0 Å². The lowest BCUT2D eigenvalue weighted by molar-refractivity contribution is -0.144. The van der Waals surface area contributed by atoms with Crippen LogP contribution in [0.4, 0.5) is 0 Å². The third kappa shape index (κ3) is 7.92. The fourth-order valence-electron chi connectivity index (χ4n) is 6.75. The van der Waals surface area contributed by atoms with Crippen molar-refractivity contribution >= 4 is 29.3 Å². The van der Waals surface area contributed by atoms with Gasteiger partial charge in [0.05, 0.1) is 12.6 Å². The fraction of sp³-hybridized carbons (Fsp3) is 0.559. The molecule has 2 bridgehead atoms. The molecule has 2 aromatic rings. The van der Waals surface area contributed by atoms with Gasteiger partial charge >= 0.3 is 0 Å². The zero-order chi connectivity index (χ0) is 31.1. The summed E-state index contributed by atoms with van der Waals surface area (Å²) in [5, 5.41) is 20.3. The van der Waals surface area contributed by atoms with E-state index in [1.165, 1.54) is 10.5 Å². The Morgan fingerprint density at radius 2 is 1.66 bits per heavy atom. The quantitative estimate of drug-likeness (QED) is 0.415. The number of nitrogens with zero attached hydrogens (tertiary/aromatic N) is 1. The monoisotopic (exact) mass is 624 g/mol. The lowest BCUT2D eigenvalue weighted by Gasteiger charge is -2.37. The number of aliphatic hydroxyl groups is 1. The number of nitrogens with one attached hydrogen (secondary N) is 3. The average molecular weight is 625 g/mol. The zero-order valence-corrected chi connectivity index (χ0v) is 26.3. The number of hydrogen-bond acceptors (Lipinski definition) is 6. The molecule has 0 radical (unpaired) electrons. The Balaban J connectivity index is 1.43. The van der Waals surface area contributed by atoms with E-state index in [1.807, 2.05) is 12.1 Å². The number of fused-ring (bicyclic) bond motifs is 1. The van der Waals surface area contributed by atoms with Crippen LogP contribution in [0.3, 0.4) is 0 Å². The number of likely N-dealkylation sites (N-methyl/N-ethyl adjacent to an activating group) is 1. The van der Waals surface area contributed by atoms with Crippen molar-refractivity contribution in [3.05, 3.63) is 64.2 Å². The minimum Gasteiger partial charge on any atom is -0.489 e. The van der Waals surface area contributed by atoms with Gasteiger partial charge in [-0.1, -0.05) is 61.2 Å². The number of benzene rings is 2. The topological polar surface area (TPSA) is 120 Å². The van der Waals surface area contributed by atoms with Crippen LogP contribution in [-0.2, 0) is 33.6 Å². The average Bonchev–Trinajstić information content (AvgIpc) is 3.04. The molecule has 1 fully saturated rings. The fourth-order valence-corrected chi connectivity index (χ4v) is 6.88. The lowest BCUT2D eigenvalue weighted by Crippen LogP contribution is -2.60. The molecule has 5 rings (SSSR count). The summed E-state index contributed by atoms with van der Waals surface area (Å²) in [6, 6.07) is 10.8. The highest BCUT2D eigenvalue weighted by Gasteiger charge is 2.37. The van der Waals surface area contributed by atoms with Crippen molar-refractivity contribution < 1.29 is 24.2 Å².